The lowest BCUT2D eigenvalue weighted by Crippen LogP contribution is -2.05. The molecule has 0 saturated carbocycles. The van der Waals surface area contributed by atoms with Crippen LogP contribution in [0, 0.1) is 5.82 Å². The van der Waals surface area contributed by atoms with E-state index in [0.717, 1.165) is 12.1 Å². The second-order valence-electron chi connectivity index (χ2n) is 5.22. The molecule has 1 heterocycles. The van der Waals surface area contributed by atoms with Crippen molar-refractivity contribution in [1.29, 1.82) is 0 Å². The fourth-order valence-electron chi connectivity index (χ4n) is 2.08. The minimum Gasteiger partial charge on any atom is -0.340 e. The van der Waals surface area contributed by atoms with Gasteiger partial charge in [0.25, 0.3) is 0 Å². The second kappa shape index (κ2) is 7.17. The molecule has 2 N–H and O–H groups in total. The van der Waals surface area contributed by atoms with E-state index in [1.165, 1.54) is 36.5 Å². The van der Waals surface area contributed by atoms with Crippen LogP contribution in [0.4, 0.5) is 40.7 Å². The average Bonchev–Trinajstić information content (AvgIpc) is 2.58. The summed E-state index contributed by atoms with van der Waals surface area (Å²) >= 11 is 5.72. The van der Waals surface area contributed by atoms with Crippen molar-refractivity contribution in [3.8, 4) is 0 Å². The highest BCUT2D eigenvalue weighted by Crippen LogP contribution is 2.30. The Hall–Kier alpha value is -2.87. The predicted octanol–water partition coefficient (Wildman–Crippen LogP) is 5.78. The number of rotatable bonds is 4. The van der Waals surface area contributed by atoms with Gasteiger partial charge in [0.1, 0.15) is 11.6 Å². The number of nitrogens with one attached hydrogen (secondary N) is 2. The first-order valence-electron chi connectivity index (χ1n) is 7.31. The van der Waals surface area contributed by atoms with Gasteiger partial charge in [-0.1, -0.05) is 11.6 Å². The van der Waals surface area contributed by atoms with Crippen molar-refractivity contribution >= 4 is 34.7 Å². The fourth-order valence-corrected chi connectivity index (χ4v) is 2.26. The highest BCUT2D eigenvalue weighted by atomic mass is 35.5. The molecule has 4 nitrogen and oxygen atoms in total. The average molecular weight is 383 g/mol. The second-order valence-corrected chi connectivity index (χ2v) is 5.63. The Morgan fingerprint density at radius 3 is 2.23 bits per heavy atom. The summed E-state index contributed by atoms with van der Waals surface area (Å²) in [6, 6.07) is 10.2. The summed E-state index contributed by atoms with van der Waals surface area (Å²) in [5.41, 5.74) is 0.183. The van der Waals surface area contributed by atoms with Crippen molar-refractivity contribution in [3.05, 3.63) is 71.1 Å². The van der Waals surface area contributed by atoms with Crippen LogP contribution in [0.5, 0.6) is 0 Å². The number of halogens is 5. The van der Waals surface area contributed by atoms with E-state index in [1.807, 2.05) is 0 Å². The van der Waals surface area contributed by atoms with E-state index < -0.39 is 17.6 Å². The number of aromatic nitrogens is 2. The van der Waals surface area contributed by atoms with Gasteiger partial charge in [0.05, 0.1) is 10.6 Å². The van der Waals surface area contributed by atoms with Crippen LogP contribution in [0.15, 0.2) is 54.7 Å². The molecule has 0 atom stereocenters. The molecule has 1 aromatic heterocycles. The number of hydrogen-bond donors (Lipinski definition) is 2. The molecule has 26 heavy (non-hydrogen) atoms. The Morgan fingerprint density at radius 2 is 1.58 bits per heavy atom. The van der Waals surface area contributed by atoms with E-state index in [4.69, 9.17) is 11.6 Å². The molecule has 3 aromatic rings. The number of benzene rings is 2. The Labute approximate surface area is 150 Å². The number of anilines is 4. The monoisotopic (exact) mass is 382 g/mol. The molecule has 0 aliphatic rings. The lowest BCUT2D eigenvalue weighted by atomic mass is 10.2. The molecule has 0 radical (unpaired) electrons. The first-order chi connectivity index (χ1) is 12.3. The fraction of sp³-hybridized carbons (Fsp3) is 0.0588. The molecular weight excluding hydrogens is 372 g/mol. The van der Waals surface area contributed by atoms with E-state index in [-0.39, 0.29) is 11.0 Å². The Balaban J connectivity index is 1.73. The van der Waals surface area contributed by atoms with E-state index in [9.17, 15) is 17.6 Å². The van der Waals surface area contributed by atoms with Crippen molar-refractivity contribution in [2.75, 3.05) is 10.6 Å². The molecular formula is C17H11ClF4N4. The van der Waals surface area contributed by atoms with Crippen LogP contribution in [-0.2, 0) is 6.18 Å². The van der Waals surface area contributed by atoms with Crippen LogP contribution in [0.3, 0.4) is 0 Å². The highest BCUT2D eigenvalue weighted by Gasteiger charge is 2.29. The van der Waals surface area contributed by atoms with Gasteiger partial charge >= 0.3 is 6.18 Å². The molecule has 3 rings (SSSR count). The maximum atomic E-state index is 13.2. The largest absolute Gasteiger partial charge is 0.416 e. The molecule has 134 valence electrons. The molecule has 0 unspecified atom stereocenters. The van der Waals surface area contributed by atoms with Gasteiger partial charge in [0.15, 0.2) is 0 Å². The van der Waals surface area contributed by atoms with Gasteiger partial charge in [0.2, 0.25) is 5.95 Å². The van der Waals surface area contributed by atoms with Gasteiger partial charge in [-0.3, -0.25) is 0 Å². The lowest BCUT2D eigenvalue weighted by Gasteiger charge is -2.10. The third-order valence-electron chi connectivity index (χ3n) is 3.32. The number of nitrogens with zero attached hydrogens (tertiary/aromatic N) is 2. The van der Waals surface area contributed by atoms with E-state index in [2.05, 4.69) is 20.6 Å². The zero-order chi connectivity index (χ0) is 18.7. The summed E-state index contributed by atoms with van der Waals surface area (Å²) in [5.74, 6) is 0.0459. The minimum absolute atomic E-state index is 0.0350. The van der Waals surface area contributed by atoms with E-state index in [0.29, 0.717) is 17.2 Å². The maximum Gasteiger partial charge on any atom is 0.416 e. The Kier molecular flexibility index (Phi) is 4.94. The van der Waals surface area contributed by atoms with Gasteiger partial charge in [-0.05, 0) is 48.5 Å². The van der Waals surface area contributed by atoms with E-state index >= 15 is 0 Å². The van der Waals surface area contributed by atoms with Crippen LogP contribution < -0.4 is 10.6 Å². The first-order valence-corrected chi connectivity index (χ1v) is 7.68. The van der Waals surface area contributed by atoms with Crippen LogP contribution in [-0.4, -0.2) is 9.97 Å². The lowest BCUT2D eigenvalue weighted by molar-refractivity contribution is -0.137. The summed E-state index contributed by atoms with van der Waals surface area (Å²) < 4.78 is 50.9. The van der Waals surface area contributed by atoms with Crippen molar-refractivity contribution in [2.45, 2.75) is 6.18 Å². The predicted molar refractivity (Wildman–Crippen MR) is 91.5 cm³/mol. The summed E-state index contributed by atoms with van der Waals surface area (Å²) in [5, 5.41) is 5.71. The molecule has 9 heteroatoms. The molecule has 0 fully saturated rings. The third kappa shape index (κ3) is 4.40. The van der Waals surface area contributed by atoms with Gasteiger partial charge in [0, 0.05) is 17.6 Å². The van der Waals surface area contributed by atoms with E-state index in [1.54, 1.807) is 6.07 Å². The molecule has 0 spiro atoms. The van der Waals surface area contributed by atoms with Crippen LogP contribution >= 0.6 is 11.6 Å². The molecule has 0 aliphatic heterocycles. The molecule has 0 aliphatic carbocycles. The number of hydrogen-bond acceptors (Lipinski definition) is 4. The topological polar surface area (TPSA) is 49.8 Å². The van der Waals surface area contributed by atoms with Crippen LogP contribution in [0.1, 0.15) is 5.56 Å². The number of alkyl halides is 3. The van der Waals surface area contributed by atoms with Crippen molar-refractivity contribution in [1.82, 2.24) is 9.97 Å². The molecule has 0 amide bonds. The zero-order valence-electron chi connectivity index (χ0n) is 13.0. The maximum absolute atomic E-state index is 13.2. The Morgan fingerprint density at radius 1 is 0.885 bits per heavy atom. The SMILES string of the molecule is Fc1ccc(Nc2ccnc(Nc3ccc(C(F)(F)F)cc3)n2)cc1Cl. The van der Waals surface area contributed by atoms with Gasteiger partial charge in [-0.15, -0.1) is 0 Å². The summed E-state index contributed by atoms with van der Waals surface area (Å²) in [7, 11) is 0. The zero-order valence-corrected chi connectivity index (χ0v) is 13.7. The van der Waals surface area contributed by atoms with Crippen LogP contribution in [0.25, 0.3) is 0 Å². The smallest absolute Gasteiger partial charge is 0.340 e. The van der Waals surface area contributed by atoms with Crippen molar-refractivity contribution < 1.29 is 17.6 Å². The highest BCUT2D eigenvalue weighted by molar-refractivity contribution is 6.31. The van der Waals surface area contributed by atoms with Crippen molar-refractivity contribution in [2.24, 2.45) is 0 Å². The normalized spacial score (nSPS) is 11.3. The minimum atomic E-state index is -4.39. The first kappa shape index (κ1) is 17.9. The van der Waals surface area contributed by atoms with Gasteiger partial charge < -0.3 is 10.6 Å². The molecule has 2 aromatic carbocycles. The van der Waals surface area contributed by atoms with Crippen LogP contribution in [0.2, 0.25) is 5.02 Å². The molecule has 0 bridgehead atoms. The van der Waals surface area contributed by atoms with Crippen molar-refractivity contribution in [3.63, 3.8) is 0 Å². The standard InChI is InChI=1S/C17H11ClF4N4/c18-13-9-12(5-6-14(13)19)24-15-7-8-23-16(26-15)25-11-3-1-10(2-4-11)17(20,21)22/h1-9H,(H2,23,24,25,26). The van der Waals surface area contributed by atoms with Gasteiger partial charge in [-0.2, -0.15) is 18.2 Å². The molecule has 0 saturated heterocycles. The van der Waals surface area contributed by atoms with Gasteiger partial charge in [-0.25, -0.2) is 9.37 Å². The third-order valence-corrected chi connectivity index (χ3v) is 3.61. The summed E-state index contributed by atoms with van der Waals surface area (Å²) in [6.45, 7) is 0. The quantitative estimate of drug-likeness (QED) is 0.562. The summed E-state index contributed by atoms with van der Waals surface area (Å²) in [4.78, 5) is 8.20. The Bertz CT molecular complexity index is 913. The summed E-state index contributed by atoms with van der Waals surface area (Å²) in [6.07, 6.45) is -2.93.